The molecule has 1 heterocycles. The summed E-state index contributed by atoms with van der Waals surface area (Å²) in [5, 5.41) is 5.76. The van der Waals surface area contributed by atoms with E-state index in [1.807, 2.05) is 30.3 Å². The summed E-state index contributed by atoms with van der Waals surface area (Å²) in [4.78, 5) is 0. The lowest BCUT2D eigenvalue weighted by Gasteiger charge is -2.08. The van der Waals surface area contributed by atoms with Crippen LogP contribution < -0.4 is 5.73 Å². The van der Waals surface area contributed by atoms with Crippen molar-refractivity contribution < 1.29 is 4.42 Å². The molecule has 2 nitrogen and oxygen atoms in total. The smallest absolute Gasteiger partial charge is 0.134 e. The van der Waals surface area contributed by atoms with Crippen molar-refractivity contribution in [3.05, 3.63) is 54.8 Å². The molecule has 0 spiro atoms. The molecule has 0 radical (unpaired) electrons. The van der Waals surface area contributed by atoms with E-state index in [0.717, 1.165) is 27.4 Å². The Hall–Kier alpha value is -2.48. The average Bonchev–Trinajstić information content (AvgIpc) is 2.86. The molecule has 3 aromatic carbocycles. The van der Waals surface area contributed by atoms with Gasteiger partial charge >= 0.3 is 0 Å². The summed E-state index contributed by atoms with van der Waals surface area (Å²) in [6.45, 7) is 0. The zero-order chi connectivity index (χ0) is 12.1. The van der Waals surface area contributed by atoms with E-state index in [0.29, 0.717) is 0 Å². The number of anilines is 1. The zero-order valence-electron chi connectivity index (χ0n) is 9.68. The highest BCUT2D eigenvalue weighted by Gasteiger charge is 2.09. The van der Waals surface area contributed by atoms with Crippen LogP contribution >= 0.6 is 0 Å². The molecule has 0 aliphatic heterocycles. The molecule has 0 aliphatic carbocycles. The summed E-state index contributed by atoms with van der Waals surface area (Å²) in [7, 11) is 0. The van der Waals surface area contributed by atoms with Crippen LogP contribution in [0.5, 0.6) is 0 Å². The van der Waals surface area contributed by atoms with Crippen LogP contribution in [0.3, 0.4) is 0 Å². The molecule has 2 N–H and O–H groups in total. The van der Waals surface area contributed by atoms with E-state index >= 15 is 0 Å². The van der Waals surface area contributed by atoms with Crippen LogP contribution in [0.1, 0.15) is 0 Å². The maximum Gasteiger partial charge on any atom is 0.134 e. The fraction of sp³-hybridized carbons (Fsp3) is 0. The van der Waals surface area contributed by atoms with Gasteiger partial charge in [0, 0.05) is 21.8 Å². The number of rotatable bonds is 0. The van der Waals surface area contributed by atoms with Crippen LogP contribution in [0, 0.1) is 0 Å². The van der Waals surface area contributed by atoms with E-state index in [2.05, 4.69) is 18.2 Å². The van der Waals surface area contributed by atoms with Crippen LogP contribution in [0.25, 0.3) is 32.5 Å². The van der Waals surface area contributed by atoms with Gasteiger partial charge in [-0.15, -0.1) is 0 Å². The normalized spacial score (nSPS) is 11.6. The Bertz CT molecular complexity index is 889. The van der Waals surface area contributed by atoms with Gasteiger partial charge in [0.25, 0.3) is 0 Å². The lowest BCUT2D eigenvalue weighted by molar-refractivity contribution is 0.616. The lowest BCUT2D eigenvalue weighted by atomic mass is 9.98. The fourth-order valence-electron chi connectivity index (χ4n) is 2.67. The second-order valence-electron chi connectivity index (χ2n) is 4.51. The van der Waals surface area contributed by atoms with E-state index < -0.39 is 0 Å². The number of furan rings is 1. The van der Waals surface area contributed by atoms with Crippen LogP contribution in [0.4, 0.5) is 5.69 Å². The van der Waals surface area contributed by atoms with Gasteiger partial charge in [-0.3, -0.25) is 0 Å². The maximum atomic E-state index is 6.15. The van der Waals surface area contributed by atoms with E-state index in [1.165, 1.54) is 10.8 Å². The first-order valence-corrected chi connectivity index (χ1v) is 5.92. The zero-order valence-corrected chi connectivity index (χ0v) is 9.68. The molecule has 4 aromatic rings. The monoisotopic (exact) mass is 233 g/mol. The third kappa shape index (κ3) is 1.12. The third-order valence-corrected chi connectivity index (χ3v) is 3.49. The average molecular weight is 233 g/mol. The summed E-state index contributed by atoms with van der Waals surface area (Å²) < 4.78 is 5.47. The molecule has 0 unspecified atom stereocenters. The molecule has 2 heteroatoms. The minimum Gasteiger partial charge on any atom is -0.464 e. The maximum absolute atomic E-state index is 6.15. The van der Waals surface area contributed by atoms with E-state index in [-0.39, 0.29) is 0 Å². The molecule has 0 aliphatic rings. The number of hydrogen-bond acceptors (Lipinski definition) is 2. The summed E-state index contributed by atoms with van der Waals surface area (Å²) >= 11 is 0. The van der Waals surface area contributed by atoms with Gasteiger partial charge in [0.2, 0.25) is 0 Å². The summed E-state index contributed by atoms with van der Waals surface area (Å²) in [6.07, 6.45) is 1.72. The van der Waals surface area contributed by atoms with Crippen molar-refractivity contribution in [2.24, 2.45) is 0 Å². The van der Waals surface area contributed by atoms with Gasteiger partial charge in [-0.2, -0.15) is 0 Å². The van der Waals surface area contributed by atoms with Gasteiger partial charge in [-0.1, -0.05) is 24.3 Å². The Kier molecular flexibility index (Phi) is 1.73. The molecule has 0 saturated carbocycles. The summed E-state index contributed by atoms with van der Waals surface area (Å²) in [6, 6.07) is 16.3. The Balaban J connectivity index is 2.43. The Morgan fingerprint density at radius 3 is 2.67 bits per heavy atom. The largest absolute Gasteiger partial charge is 0.464 e. The Morgan fingerprint density at radius 1 is 0.833 bits per heavy atom. The van der Waals surface area contributed by atoms with Crippen LogP contribution in [0.15, 0.2) is 59.2 Å². The molecule has 0 atom stereocenters. The van der Waals surface area contributed by atoms with Crippen molar-refractivity contribution in [2.45, 2.75) is 0 Å². The fourth-order valence-corrected chi connectivity index (χ4v) is 2.67. The molecule has 18 heavy (non-hydrogen) atoms. The van der Waals surface area contributed by atoms with Crippen molar-refractivity contribution in [2.75, 3.05) is 5.73 Å². The van der Waals surface area contributed by atoms with Gasteiger partial charge in [0.1, 0.15) is 5.58 Å². The third-order valence-electron chi connectivity index (χ3n) is 3.49. The molecule has 4 rings (SSSR count). The molecule has 86 valence electrons. The Morgan fingerprint density at radius 2 is 1.72 bits per heavy atom. The number of hydrogen-bond donors (Lipinski definition) is 1. The van der Waals surface area contributed by atoms with Crippen molar-refractivity contribution in [3.8, 4) is 0 Å². The molecular weight excluding hydrogens is 222 g/mol. The van der Waals surface area contributed by atoms with E-state index in [1.54, 1.807) is 6.26 Å². The number of nitrogens with two attached hydrogens (primary N) is 1. The van der Waals surface area contributed by atoms with Crippen LogP contribution in [-0.2, 0) is 0 Å². The topological polar surface area (TPSA) is 39.2 Å². The first-order valence-electron chi connectivity index (χ1n) is 5.92. The highest BCUT2D eigenvalue weighted by Crippen LogP contribution is 2.35. The van der Waals surface area contributed by atoms with Gasteiger partial charge in [-0.05, 0) is 35.0 Å². The standard InChI is InChI=1S/C16H11NO/c17-14-9-10-3-1-2-4-11(10)16-12(14)5-6-15-13(16)7-8-18-15/h1-9H,17H2. The van der Waals surface area contributed by atoms with Crippen LogP contribution in [-0.4, -0.2) is 0 Å². The SMILES string of the molecule is Nc1cc2ccccc2c2c1ccc1occc12. The van der Waals surface area contributed by atoms with Gasteiger partial charge in [0.05, 0.1) is 6.26 Å². The minimum absolute atomic E-state index is 0.812. The van der Waals surface area contributed by atoms with E-state index in [4.69, 9.17) is 10.2 Å². The predicted molar refractivity (Wildman–Crippen MR) is 75.6 cm³/mol. The molecule has 1 aromatic heterocycles. The van der Waals surface area contributed by atoms with Crippen molar-refractivity contribution in [3.63, 3.8) is 0 Å². The number of fused-ring (bicyclic) bond motifs is 5. The highest BCUT2D eigenvalue weighted by molar-refractivity contribution is 6.22. The minimum atomic E-state index is 0.812. The van der Waals surface area contributed by atoms with Crippen molar-refractivity contribution >= 4 is 38.2 Å². The second-order valence-corrected chi connectivity index (χ2v) is 4.51. The first kappa shape index (κ1) is 9.54. The molecule has 0 amide bonds. The summed E-state index contributed by atoms with van der Waals surface area (Å²) in [5.41, 5.74) is 7.86. The van der Waals surface area contributed by atoms with Gasteiger partial charge in [0.15, 0.2) is 0 Å². The highest BCUT2D eigenvalue weighted by atomic mass is 16.3. The first-order chi connectivity index (χ1) is 8.84. The van der Waals surface area contributed by atoms with Crippen LogP contribution in [0.2, 0.25) is 0 Å². The number of nitrogen functional groups attached to an aromatic ring is 1. The number of benzene rings is 3. The lowest BCUT2D eigenvalue weighted by Crippen LogP contribution is -1.88. The quantitative estimate of drug-likeness (QED) is 0.363. The molecule has 0 bridgehead atoms. The Labute approximate surface area is 104 Å². The van der Waals surface area contributed by atoms with Crippen molar-refractivity contribution in [1.29, 1.82) is 0 Å². The second kappa shape index (κ2) is 3.26. The van der Waals surface area contributed by atoms with Crippen molar-refractivity contribution in [1.82, 2.24) is 0 Å². The molecule has 0 fully saturated rings. The predicted octanol–water partition coefficient (Wildman–Crippen LogP) is 4.32. The van der Waals surface area contributed by atoms with E-state index in [9.17, 15) is 0 Å². The molecular formula is C16H11NO. The van der Waals surface area contributed by atoms with Gasteiger partial charge in [-0.25, -0.2) is 0 Å². The molecule has 0 saturated heterocycles. The summed E-state index contributed by atoms with van der Waals surface area (Å²) in [5.74, 6) is 0. The van der Waals surface area contributed by atoms with Gasteiger partial charge < -0.3 is 10.2 Å².